The highest BCUT2D eigenvalue weighted by molar-refractivity contribution is 5.74. The number of amides is 2. The number of aliphatic hydroxyl groups excluding tert-OH is 1. The van der Waals surface area contributed by atoms with Gasteiger partial charge >= 0.3 is 6.03 Å². The Morgan fingerprint density at radius 3 is 2.73 bits per heavy atom. The van der Waals surface area contributed by atoms with Crippen molar-refractivity contribution in [2.24, 2.45) is 5.92 Å². The van der Waals surface area contributed by atoms with E-state index < -0.39 is 0 Å². The van der Waals surface area contributed by atoms with E-state index in [4.69, 9.17) is 0 Å². The lowest BCUT2D eigenvalue weighted by Crippen LogP contribution is -2.44. The van der Waals surface area contributed by atoms with Gasteiger partial charge in [-0.2, -0.15) is 0 Å². The second kappa shape index (κ2) is 8.03. The van der Waals surface area contributed by atoms with Crippen molar-refractivity contribution in [2.45, 2.75) is 51.2 Å². The van der Waals surface area contributed by atoms with Crippen LogP contribution in [0.25, 0.3) is 0 Å². The van der Waals surface area contributed by atoms with Crippen LogP contribution < -0.4 is 10.6 Å². The molecule has 0 aliphatic heterocycles. The fraction of sp³-hybridized carbons (Fsp3) is 0.588. The molecule has 1 aliphatic carbocycles. The first-order valence-electron chi connectivity index (χ1n) is 8.03. The molecule has 5 nitrogen and oxygen atoms in total. The molecular formula is C17H26N2O3. The number of rotatable bonds is 5. The molecule has 122 valence electrons. The first-order valence-corrected chi connectivity index (χ1v) is 8.03. The summed E-state index contributed by atoms with van der Waals surface area (Å²) in [5.74, 6) is 0.624. The summed E-state index contributed by atoms with van der Waals surface area (Å²) in [4.78, 5) is 11.9. The number of hydrogen-bond donors (Lipinski definition) is 4. The second-order valence-corrected chi connectivity index (χ2v) is 6.31. The average Bonchev–Trinajstić information content (AvgIpc) is 2.47. The van der Waals surface area contributed by atoms with Gasteiger partial charge in [0.15, 0.2) is 0 Å². The molecule has 2 rings (SSSR count). The maximum atomic E-state index is 11.9. The molecule has 5 heteroatoms. The van der Waals surface area contributed by atoms with Crippen molar-refractivity contribution < 1.29 is 15.0 Å². The maximum Gasteiger partial charge on any atom is 0.315 e. The standard InChI is InChI=1S/C17H26N2O3/c1-12(9-13-5-7-15(20)8-6-13)19-17(22)18-11-14-3-2-4-16(21)10-14/h5-8,12,14,16,20-21H,2-4,9-11H2,1H3,(H2,18,19,22). The quantitative estimate of drug-likeness (QED) is 0.673. The minimum atomic E-state index is -0.211. The number of phenols is 1. The number of carbonyl (C=O) groups excluding carboxylic acids is 1. The van der Waals surface area contributed by atoms with Gasteiger partial charge < -0.3 is 20.8 Å². The van der Waals surface area contributed by atoms with E-state index in [0.717, 1.165) is 37.7 Å². The molecule has 1 aliphatic rings. The van der Waals surface area contributed by atoms with Gasteiger partial charge in [0.1, 0.15) is 5.75 Å². The van der Waals surface area contributed by atoms with Crippen LogP contribution in [-0.4, -0.2) is 34.9 Å². The third kappa shape index (κ3) is 5.56. The van der Waals surface area contributed by atoms with Gasteiger partial charge in [0, 0.05) is 12.6 Å². The van der Waals surface area contributed by atoms with E-state index in [2.05, 4.69) is 10.6 Å². The summed E-state index contributed by atoms with van der Waals surface area (Å²) in [5.41, 5.74) is 1.07. The molecular weight excluding hydrogens is 280 g/mol. The van der Waals surface area contributed by atoms with E-state index in [1.807, 2.05) is 19.1 Å². The molecule has 2 amide bonds. The van der Waals surface area contributed by atoms with Gasteiger partial charge in [0.05, 0.1) is 6.10 Å². The molecule has 1 saturated carbocycles. The molecule has 0 aromatic heterocycles. The largest absolute Gasteiger partial charge is 0.508 e. The lowest BCUT2D eigenvalue weighted by atomic mass is 9.87. The minimum absolute atomic E-state index is 0.0153. The Kier molecular flexibility index (Phi) is 6.07. The Morgan fingerprint density at radius 1 is 1.32 bits per heavy atom. The fourth-order valence-corrected chi connectivity index (χ4v) is 3.00. The molecule has 1 fully saturated rings. The van der Waals surface area contributed by atoms with Crippen molar-refractivity contribution >= 4 is 6.03 Å². The van der Waals surface area contributed by atoms with Crippen molar-refractivity contribution in [3.63, 3.8) is 0 Å². The number of nitrogens with one attached hydrogen (secondary N) is 2. The number of aromatic hydroxyl groups is 1. The van der Waals surface area contributed by atoms with Crippen LogP contribution in [0.3, 0.4) is 0 Å². The molecule has 1 aromatic carbocycles. The van der Waals surface area contributed by atoms with Gasteiger partial charge in [-0.3, -0.25) is 0 Å². The van der Waals surface area contributed by atoms with E-state index in [1.54, 1.807) is 12.1 Å². The Hall–Kier alpha value is -1.75. The van der Waals surface area contributed by atoms with Crippen molar-refractivity contribution in [2.75, 3.05) is 6.54 Å². The summed E-state index contributed by atoms with van der Waals surface area (Å²) in [6.07, 6.45) is 4.27. The number of hydrogen-bond acceptors (Lipinski definition) is 3. The van der Waals surface area contributed by atoms with Crippen molar-refractivity contribution in [1.29, 1.82) is 0 Å². The second-order valence-electron chi connectivity index (χ2n) is 6.31. The molecule has 0 bridgehead atoms. The third-order valence-electron chi connectivity index (χ3n) is 4.16. The van der Waals surface area contributed by atoms with Gasteiger partial charge in [-0.25, -0.2) is 4.79 Å². The third-order valence-corrected chi connectivity index (χ3v) is 4.16. The normalized spacial score (nSPS) is 22.8. The number of urea groups is 1. The van der Waals surface area contributed by atoms with Crippen LogP contribution in [0, 0.1) is 5.92 Å². The van der Waals surface area contributed by atoms with Crippen molar-refractivity contribution in [1.82, 2.24) is 10.6 Å². The Morgan fingerprint density at radius 2 is 2.05 bits per heavy atom. The highest BCUT2D eigenvalue weighted by Gasteiger charge is 2.20. The molecule has 0 heterocycles. The SMILES string of the molecule is CC(Cc1ccc(O)cc1)NC(=O)NCC1CCCC(O)C1. The van der Waals surface area contributed by atoms with Crippen LogP contribution >= 0.6 is 0 Å². The Balaban J connectivity index is 1.68. The van der Waals surface area contributed by atoms with Crippen LogP contribution in [0.1, 0.15) is 38.2 Å². The maximum absolute atomic E-state index is 11.9. The van der Waals surface area contributed by atoms with Crippen LogP contribution in [0.5, 0.6) is 5.75 Å². The monoisotopic (exact) mass is 306 g/mol. The van der Waals surface area contributed by atoms with Gasteiger partial charge in [0.2, 0.25) is 0 Å². The van der Waals surface area contributed by atoms with E-state index in [0.29, 0.717) is 12.5 Å². The predicted octanol–water partition coefficient (Wildman–Crippen LogP) is 2.17. The van der Waals surface area contributed by atoms with Gasteiger partial charge in [-0.1, -0.05) is 18.6 Å². The molecule has 4 N–H and O–H groups in total. The molecule has 3 atom stereocenters. The van der Waals surface area contributed by atoms with Crippen LogP contribution in [0.2, 0.25) is 0 Å². The first kappa shape index (κ1) is 16.6. The van der Waals surface area contributed by atoms with Crippen LogP contribution in [-0.2, 0) is 6.42 Å². The summed E-state index contributed by atoms with van der Waals surface area (Å²) in [6.45, 7) is 2.58. The summed E-state index contributed by atoms with van der Waals surface area (Å²) >= 11 is 0. The number of aliphatic hydroxyl groups is 1. The average molecular weight is 306 g/mol. The zero-order valence-corrected chi connectivity index (χ0v) is 13.1. The smallest absolute Gasteiger partial charge is 0.315 e. The lowest BCUT2D eigenvalue weighted by Gasteiger charge is -2.26. The lowest BCUT2D eigenvalue weighted by molar-refractivity contribution is 0.101. The van der Waals surface area contributed by atoms with Gasteiger partial charge in [0.25, 0.3) is 0 Å². The summed E-state index contributed by atoms with van der Waals surface area (Å²) in [6, 6.07) is 6.87. The predicted molar refractivity (Wildman–Crippen MR) is 85.8 cm³/mol. The topological polar surface area (TPSA) is 81.6 Å². The summed E-state index contributed by atoms with van der Waals surface area (Å²) in [7, 11) is 0. The van der Waals surface area contributed by atoms with Crippen LogP contribution in [0.4, 0.5) is 4.79 Å². The fourth-order valence-electron chi connectivity index (χ4n) is 3.00. The molecule has 0 saturated heterocycles. The number of carbonyl (C=O) groups is 1. The number of phenolic OH excluding ortho intramolecular Hbond substituents is 1. The first-order chi connectivity index (χ1) is 10.5. The number of benzene rings is 1. The summed E-state index contributed by atoms with van der Waals surface area (Å²) in [5, 5.41) is 24.7. The minimum Gasteiger partial charge on any atom is -0.508 e. The molecule has 0 spiro atoms. The van der Waals surface area contributed by atoms with Crippen LogP contribution in [0.15, 0.2) is 24.3 Å². The van der Waals surface area contributed by atoms with Crippen molar-refractivity contribution in [3.05, 3.63) is 29.8 Å². The summed E-state index contributed by atoms with van der Waals surface area (Å²) < 4.78 is 0. The molecule has 1 aromatic rings. The van der Waals surface area contributed by atoms with E-state index in [1.165, 1.54) is 0 Å². The van der Waals surface area contributed by atoms with E-state index in [-0.39, 0.29) is 23.9 Å². The Labute approximate surface area is 131 Å². The molecule has 3 unspecified atom stereocenters. The van der Waals surface area contributed by atoms with E-state index >= 15 is 0 Å². The molecule has 0 radical (unpaired) electrons. The zero-order chi connectivity index (χ0) is 15.9. The zero-order valence-electron chi connectivity index (χ0n) is 13.1. The van der Waals surface area contributed by atoms with Gasteiger partial charge in [-0.05, 0) is 56.2 Å². The van der Waals surface area contributed by atoms with Gasteiger partial charge in [-0.15, -0.1) is 0 Å². The molecule has 22 heavy (non-hydrogen) atoms. The Bertz CT molecular complexity index is 475. The highest BCUT2D eigenvalue weighted by atomic mass is 16.3. The van der Waals surface area contributed by atoms with E-state index in [9.17, 15) is 15.0 Å². The van der Waals surface area contributed by atoms with Crippen molar-refractivity contribution in [3.8, 4) is 5.75 Å². The highest BCUT2D eigenvalue weighted by Crippen LogP contribution is 2.23.